The van der Waals surface area contributed by atoms with Gasteiger partial charge in [-0.3, -0.25) is 4.79 Å². The Balaban J connectivity index is 2.03. The molecule has 1 heterocycles. The van der Waals surface area contributed by atoms with E-state index in [1.165, 1.54) is 6.20 Å². The molecule has 1 atom stereocenters. The summed E-state index contributed by atoms with van der Waals surface area (Å²) >= 11 is 4.72. The molecule has 1 aromatic carbocycles. The van der Waals surface area contributed by atoms with Crippen molar-refractivity contribution in [2.75, 3.05) is 6.26 Å². The van der Waals surface area contributed by atoms with E-state index >= 15 is 0 Å². The maximum atomic E-state index is 13.3. The van der Waals surface area contributed by atoms with Gasteiger partial charge in [0.05, 0.1) is 16.7 Å². The zero-order valence-corrected chi connectivity index (χ0v) is 15.4. The third-order valence-corrected chi connectivity index (χ3v) is 5.29. The number of benzene rings is 1. The fourth-order valence-corrected chi connectivity index (χ4v) is 3.40. The molecule has 146 valence electrons. The first kappa shape index (κ1) is 19.7. The second kappa shape index (κ2) is 6.83. The Kier molecular flexibility index (Phi) is 4.98. The lowest BCUT2D eigenvalue weighted by atomic mass is 10.0. The summed E-state index contributed by atoms with van der Waals surface area (Å²) < 4.78 is 72.7. The molecule has 0 radical (unpaired) electrons. The van der Waals surface area contributed by atoms with Crippen LogP contribution in [0.25, 0.3) is 0 Å². The van der Waals surface area contributed by atoms with E-state index in [9.17, 15) is 26.4 Å². The maximum Gasteiger partial charge on any atom is 0.444 e. The van der Waals surface area contributed by atoms with Crippen LogP contribution in [-0.2, 0) is 9.84 Å². The topological polar surface area (TPSA) is 86.5 Å². The number of nitrogens with zero attached hydrogens (tertiary/aromatic N) is 1. The average molecular weight is 424 g/mol. The van der Waals surface area contributed by atoms with Crippen molar-refractivity contribution in [1.82, 2.24) is 5.16 Å². The van der Waals surface area contributed by atoms with Crippen molar-refractivity contribution in [1.29, 1.82) is 0 Å². The molecule has 0 N–H and O–H groups in total. The summed E-state index contributed by atoms with van der Waals surface area (Å²) in [6.07, 6.45) is -0.759. The quantitative estimate of drug-likeness (QED) is 0.498. The molecule has 1 fully saturated rings. The Hall–Kier alpha value is -2.07. The lowest BCUT2D eigenvalue weighted by Crippen LogP contribution is -2.32. The molecule has 2 aromatic rings. The number of alkyl halides is 4. The minimum Gasteiger partial charge on any atom is -0.429 e. The highest BCUT2D eigenvalue weighted by Crippen LogP contribution is 2.42. The van der Waals surface area contributed by atoms with Gasteiger partial charge in [0.2, 0.25) is 0 Å². The first-order valence-corrected chi connectivity index (χ1v) is 10.0. The summed E-state index contributed by atoms with van der Waals surface area (Å²) in [5.74, 6) is -0.945. The molecule has 0 saturated heterocycles. The smallest absolute Gasteiger partial charge is 0.429 e. The average Bonchev–Trinajstić information content (AvgIpc) is 3.29. The van der Waals surface area contributed by atoms with E-state index in [1.807, 2.05) is 0 Å². The van der Waals surface area contributed by atoms with Gasteiger partial charge in [0.15, 0.2) is 21.4 Å². The van der Waals surface area contributed by atoms with Gasteiger partial charge in [0, 0.05) is 17.7 Å². The minimum atomic E-state index is -4.38. The molecular weight excluding hydrogens is 411 g/mol. The van der Waals surface area contributed by atoms with Crippen LogP contribution in [0.5, 0.6) is 5.75 Å². The van der Waals surface area contributed by atoms with Crippen molar-refractivity contribution in [2.24, 2.45) is 0 Å². The lowest BCUT2D eigenvalue weighted by molar-refractivity contribution is -0.199. The monoisotopic (exact) mass is 423 g/mol. The molecule has 1 aliphatic rings. The Morgan fingerprint density at radius 1 is 1.37 bits per heavy atom. The van der Waals surface area contributed by atoms with E-state index in [-0.39, 0.29) is 17.0 Å². The molecule has 3 rings (SSSR count). The van der Waals surface area contributed by atoms with Gasteiger partial charge in [0.1, 0.15) is 5.75 Å². The third kappa shape index (κ3) is 4.11. The minimum absolute atomic E-state index is 0.0413. The van der Waals surface area contributed by atoms with Crippen molar-refractivity contribution >= 4 is 27.2 Å². The summed E-state index contributed by atoms with van der Waals surface area (Å²) in [4.78, 5) is 12.3. The molecule has 0 aliphatic heterocycles. The highest BCUT2D eigenvalue weighted by molar-refractivity contribution is 7.90. The van der Waals surface area contributed by atoms with Gasteiger partial charge in [-0.15, -0.1) is 0 Å². The largest absolute Gasteiger partial charge is 0.444 e. The number of aromatic nitrogens is 1. The van der Waals surface area contributed by atoms with Crippen molar-refractivity contribution in [3.05, 3.63) is 41.3 Å². The number of halogens is 4. The maximum absolute atomic E-state index is 13.3. The number of carbonyl (C=O) groups is 1. The van der Waals surface area contributed by atoms with Crippen LogP contribution < -0.4 is 4.74 Å². The predicted molar refractivity (Wildman–Crippen MR) is 87.8 cm³/mol. The van der Waals surface area contributed by atoms with Crippen LogP contribution >= 0.6 is 11.6 Å². The number of hydrogen-bond donors (Lipinski definition) is 0. The summed E-state index contributed by atoms with van der Waals surface area (Å²) in [6, 6.07) is 2.66. The molecule has 0 bridgehead atoms. The zero-order valence-electron chi connectivity index (χ0n) is 13.8. The second-order valence-corrected chi connectivity index (χ2v) is 8.47. The van der Waals surface area contributed by atoms with Gasteiger partial charge in [-0.25, -0.2) is 12.8 Å². The van der Waals surface area contributed by atoms with E-state index in [0.29, 0.717) is 5.76 Å². The van der Waals surface area contributed by atoms with Gasteiger partial charge in [-0.1, -0.05) is 16.8 Å². The van der Waals surface area contributed by atoms with Crippen LogP contribution in [0.1, 0.15) is 40.4 Å². The van der Waals surface area contributed by atoms with E-state index in [4.69, 9.17) is 16.1 Å². The van der Waals surface area contributed by atoms with Gasteiger partial charge in [0.25, 0.3) is 5.63 Å². The number of sulfone groups is 1. The first-order valence-electron chi connectivity index (χ1n) is 7.69. The zero-order chi connectivity index (χ0) is 20.0. The van der Waals surface area contributed by atoms with Gasteiger partial charge < -0.3 is 9.26 Å². The van der Waals surface area contributed by atoms with E-state index < -0.39 is 38.0 Å². The highest BCUT2D eigenvalue weighted by atomic mass is 35.5. The number of ether oxygens (including phenoxy) is 1. The number of hydrogen-bond acceptors (Lipinski definition) is 6. The first-order chi connectivity index (χ1) is 12.5. The summed E-state index contributed by atoms with van der Waals surface area (Å²) in [7, 11) is -4.01. The van der Waals surface area contributed by atoms with Crippen LogP contribution in [0.3, 0.4) is 0 Å². The molecule has 27 heavy (non-hydrogen) atoms. The van der Waals surface area contributed by atoms with Crippen molar-refractivity contribution < 1.29 is 35.6 Å². The normalized spacial score (nSPS) is 16.2. The van der Waals surface area contributed by atoms with E-state index in [0.717, 1.165) is 37.3 Å². The number of rotatable bonds is 7. The number of ketones is 1. The van der Waals surface area contributed by atoms with E-state index in [2.05, 4.69) is 9.89 Å². The Bertz CT molecular complexity index is 986. The van der Waals surface area contributed by atoms with Crippen LogP contribution in [0.2, 0.25) is 0 Å². The van der Waals surface area contributed by atoms with E-state index in [1.54, 1.807) is 0 Å². The molecule has 0 spiro atoms. The lowest BCUT2D eigenvalue weighted by Gasteiger charge is -2.18. The summed E-state index contributed by atoms with van der Waals surface area (Å²) in [6.45, 7) is 0. The van der Waals surface area contributed by atoms with Crippen LogP contribution in [0.15, 0.2) is 33.8 Å². The SMILES string of the molecule is CS(=O)(=O)c1cc(OC(F)(F)C(F)Cl)ccc1C(=O)c1cnoc1C1CC1. The molecule has 11 heteroatoms. The van der Waals surface area contributed by atoms with Crippen molar-refractivity contribution in [3.63, 3.8) is 0 Å². The van der Waals surface area contributed by atoms with Gasteiger partial charge in [-0.05, 0) is 31.0 Å². The fraction of sp³-hybridized carbons (Fsp3) is 0.375. The predicted octanol–water partition coefficient (Wildman–Crippen LogP) is 3.69. The summed E-state index contributed by atoms with van der Waals surface area (Å²) in [5, 5.41) is 3.58. The highest BCUT2D eigenvalue weighted by Gasteiger charge is 2.42. The third-order valence-electron chi connectivity index (χ3n) is 3.90. The Morgan fingerprint density at radius 3 is 2.59 bits per heavy atom. The standard InChI is InChI=1S/C16H13ClF3NO5S/c1-27(23,24)12-6-9(25-16(19,20)15(17)18)4-5-10(12)13(22)11-7-21-26-14(11)8-2-3-8/h4-8,15H,2-3H2,1H3. The second-order valence-electron chi connectivity index (χ2n) is 6.10. The Morgan fingerprint density at radius 2 is 2.04 bits per heavy atom. The molecule has 1 saturated carbocycles. The molecule has 0 amide bonds. The van der Waals surface area contributed by atoms with Gasteiger partial charge >= 0.3 is 6.11 Å². The van der Waals surface area contributed by atoms with Crippen LogP contribution in [0, 0.1) is 0 Å². The molecule has 1 aromatic heterocycles. The van der Waals surface area contributed by atoms with Crippen molar-refractivity contribution in [3.8, 4) is 5.75 Å². The molecular formula is C16H13ClF3NO5S. The molecule has 1 unspecified atom stereocenters. The fourth-order valence-electron chi connectivity index (χ4n) is 2.47. The number of carbonyl (C=O) groups excluding carboxylic acids is 1. The van der Waals surface area contributed by atoms with Gasteiger partial charge in [-0.2, -0.15) is 8.78 Å². The van der Waals surface area contributed by atoms with Crippen LogP contribution in [-0.4, -0.2) is 37.4 Å². The summed E-state index contributed by atoms with van der Waals surface area (Å²) in [5.41, 5.74) is -3.30. The van der Waals surface area contributed by atoms with Crippen LogP contribution in [0.4, 0.5) is 13.2 Å². The molecule has 6 nitrogen and oxygen atoms in total. The van der Waals surface area contributed by atoms with Crippen molar-refractivity contribution in [2.45, 2.75) is 35.4 Å². The Labute approximate surface area is 157 Å². The molecule has 1 aliphatic carbocycles.